The van der Waals surface area contributed by atoms with Gasteiger partial charge < -0.3 is 40.5 Å². The van der Waals surface area contributed by atoms with Gasteiger partial charge in [-0.2, -0.15) is 0 Å². The first kappa shape index (κ1) is 42.3. The maximum atomic E-state index is 13.2. The summed E-state index contributed by atoms with van der Waals surface area (Å²) in [5.74, 6) is 0.636. The number of carbonyl (C=O) groups is 1. The van der Waals surface area contributed by atoms with E-state index < -0.39 is 47.0 Å². The predicted molar refractivity (Wildman–Crippen MR) is 208 cm³/mol. The molecule has 2 saturated carbocycles. The van der Waals surface area contributed by atoms with Gasteiger partial charge in [-0.3, -0.25) is 9.78 Å². The molecule has 13 nitrogen and oxygen atoms in total. The third kappa shape index (κ3) is 11.8. The fourth-order valence-electron chi connectivity index (χ4n) is 6.19. The Morgan fingerprint density at radius 3 is 2.48 bits per heavy atom. The Morgan fingerprint density at radius 1 is 1.04 bits per heavy atom. The summed E-state index contributed by atoms with van der Waals surface area (Å²) in [7, 11) is -3.37. The van der Waals surface area contributed by atoms with Crippen LogP contribution in [-0.4, -0.2) is 119 Å². The minimum absolute atomic E-state index is 0.160. The Morgan fingerprint density at radius 2 is 1.78 bits per heavy atom. The van der Waals surface area contributed by atoms with Crippen LogP contribution in [0.5, 0.6) is 5.75 Å². The molecule has 0 saturated heterocycles. The Hall–Kier alpha value is -2.83. The van der Waals surface area contributed by atoms with Crippen LogP contribution in [0.25, 0.3) is 11.1 Å². The van der Waals surface area contributed by atoms with Gasteiger partial charge in [0, 0.05) is 59.6 Å². The standard InChI is InChI=1S/C38H51ClN4O9S2/c1-54(50,51)42-16-4-5-18-43(37(49)36(48)35(47)34(46)32(45)24-44)19-6-20-53-27-11-12-31(39)25(21-27)22-41-38(14-15-38)30-23-40-17-13-28(30)29-7-2-3-8-33(29)52-26-9-10-26/h2-3,7-8,11-13,17,21,23,26,32,34-36,41-42,44-48H,4-6,9-10,14-16,18-20,22,24H2,1H3/t32-,34+,35-,36-/m0/s1. The summed E-state index contributed by atoms with van der Waals surface area (Å²) in [6.45, 7) is 0.210. The number of carbonyl (C=O) groups excluding carboxylic acids is 1. The van der Waals surface area contributed by atoms with Crippen molar-refractivity contribution in [3.63, 3.8) is 0 Å². The van der Waals surface area contributed by atoms with E-state index in [9.17, 15) is 33.6 Å². The summed E-state index contributed by atoms with van der Waals surface area (Å²) in [5, 5.41) is 54.1. The lowest BCUT2D eigenvalue weighted by Gasteiger charge is -2.30. The predicted octanol–water partition coefficient (Wildman–Crippen LogP) is 2.80. The van der Waals surface area contributed by atoms with Crippen LogP contribution >= 0.6 is 23.4 Å². The van der Waals surface area contributed by atoms with Gasteiger partial charge in [-0.05, 0) is 97.7 Å². The Balaban J connectivity index is 1.19. The number of aliphatic hydroxyl groups excluding tert-OH is 5. The van der Waals surface area contributed by atoms with Crippen LogP contribution in [0.4, 0.5) is 0 Å². The molecule has 54 heavy (non-hydrogen) atoms. The van der Waals surface area contributed by atoms with Gasteiger partial charge in [0.2, 0.25) is 10.0 Å². The fraction of sp³-hybridized carbons (Fsp3) is 0.526. The van der Waals surface area contributed by atoms with Crippen molar-refractivity contribution in [3.05, 3.63) is 77.1 Å². The summed E-state index contributed by atoms with van der Waals surface area (Å²) in [5.41, 5.74) is 3.97. The number of aliphatic hydroxyl groups is 5. The lowest BCUT2D eigenvalue weighted by atomic mass is 9.94. The van der Waals surface area contributed by atoms with Gasteiger partial charge in [0.25, 0.3) is 5.91 Å². The third-order valence-corrected chi connectivity index (χ3v) is 11.8. The monoisotopic (exact) mass is 806 g/mol. The number of halogens is 1. The van der Waals surface area contributed by atoms with E-state index in [0.717, 1.165) is 64.8 Å². The maximum Gasteiger partial charge on any atom is 0.254 e. The molecule has 2 aromatic carbocycles. The molecule has 0 spiro atoms. The van der Waals surface area contributed by atoms with Gasteiger partial charge >= 0.3 is 0 Å². The summed E-state index contributed by atoms with van der Waals surface area (Å²) in [6.07, 6.45) is 2.74. The molecule has 2 fully saturated rings. The Bertz CT molecular complexity index is 1810. The molecular formula is C38H51ClN4O9S2. The van der Waals surface area contributed by atoms with Gasteiger partial charge in [0.15, 0.2) is 6.10 Å². The van der Waals surface area contributed by atoms with E-state index in [-0.39, 0.29) is 31.3 Å². The maximum absolute atomic E-state index is 13.2. The van der Waals surface area contributed by atoms with Crippen LogP contribution in [0.3, 0.4) is 0 Å². The first-order valence-electron chi connectivity index (χ1n) is 18.3. The van der Waals surface area contributed by atoms with Gasteiger partial charge in [-0.15, -0.1) is 11.8 Å². The number of pyridine rings is 1. The number of benzene rings is 2. The molecule has 1 amide bonds. The zero-order valence-corrected chi connectivity index (χ0v) is 32.7. The SMILES string of the molecule is CS(=O)(=O)NCCCCN(CCCSc1ccc(Cl)c(CNC2(c3cnccc3-c3ccccc3OC3CC3)CC2)c1)C(=O)[C@@H](O)[C@@H](O)[C@H](O)[C@@H](O)CO. The van der Waals surface area contributed by atoms with E-state index in [0.29, 0.717) is 36.6 Å². The molecule has 16 heteroatoms. The second-order valence-corrected chi connectivity index (χ2v) is 17.4. The number of para-hydroxylation sites is 1. The highest BCUT2D eigenvalue weighted by atomic mass is 35.5. The molecule has 296 valence electrons. The average molecular weight is 807 g/mol. The van der Waals surface area contributed by atoms with E-state index in [2.05, 4.69) is 27.2 Å². The molecule has 0 radical (unpaired) electrons. The zero-order chi connectivity index (χ0) is 38.9. The van der Waals surface area contributed by atoms with Crippen molar-refractivity contribution in [1.29, 1.82) is 0 Å². The molecule has 0 aliphatic heterocycles. The molecule has 3 aromatic rings. The highest BCUT2D eigenvalue weighted by Crippen LogP contribution is 2.50. The van der Waals surface area contributed by atoms with E-state index in [4.69, 9.17) is 21.4 Å². The number of thioether (sulfide) groups is 1. The topological polar surface area (TPSA) is 202 Å². The minimum Gasteiger partial charge on any atom is -0.490 e. The van der Waals surface area contributed by atoms with Gasteiger partial charge in [0.1, 0.15) is 24.1 Å². The first-order valence-corrected chi connectivity index (χ1v) is 21.5. The molecule has 7 N–H and O–H groups in total. The molecule has 4 atom stereocenters. The molecule has 2 aliphatic rings. The van der Waals surface area contributed by atoms with E-state index in [1.165, 1.54) is 4.90 Å². The zero-order valence-electron chi connectivity index (χ0n) is 30.3. The van der Waals surface area contributed by atoms with Crippen LogP contribution in [-0.2, 0) is 26.9 Å². The van der Waals surface area contributed by atoms with Gasteiger partial charge in [-0.25, -0.2) is 13.1 Å². The highest BCUT2D eigenvalue weighted by Gasteiger charge is 2.46. The van der Waals surface area contributed by atoms with Crippen molar-refractivity contribution < 1.29 is 43.5 Å². The summed E-state index contributed by atoms with van der Waals surface area (Å²) < 4.78 is 31.4. The third-order valence-electron chi connectivity index (χ3n) is 9.60. The molecule has 0 bridgehead atoms. The van der Waals surface area contributed by atoms with Crippen molar-refractivity contribution in [2.75, 3.05) is 38.2 Å². The number of nitrogens with one attached hydrogen (secondary N) is 2. The number of unbranched alkanes of at least 4 members (excludes halogenated alkanes) is 1. The summed E-state index contributed by atoms with van der Waals surface area (Å²) >= 11 is 8.26. The van der Waals surface area contributed by atoms with Crippen molar-refractivity contribution in [2.45, 2.75) is 92.4 Å². The number of aromatic nitrogens is 1. The number of hydrogen-bond donors (Lipinski definition) is 7. The van der Waals surface area contributed by atoms with Crippen molar-refractivity contribution in [2.24, 2.45) is 0 Å². The molecular weight excluding hydrogens is 756 g/mol. The van der Waals surface area contributed by atoms with Crippen LogP contribution in [0.2, 0.25) is 5.02 Å². The minimum atomic E-state index is -3.37. The number of hydrogen-bond acceptors (Lipinski definition) is 12. The summed E-state index contributed by atoms with van der Waals surface area (Å²) in [6, 6.07) is 16.0. The van der Waals surface area contributed by atoms with E-state index in [1.54, 1.807) is 11.8 Å². The van der Waals surface area contributed by atoms with Gasteiger partial charge in [-0.1, -0.05) is 29.8 Å². The second-order valence-electron chi connectivity index (χ2n) is 14.0. The van der Waals surface area contributed by atoms with Crippen LogP contribution in [0.15, 0.2) is 65.8 Å². The van der Waals surface area contributed by atoms with Crippen molar-refractivity contribution in [3.8, 4) is 16.9 Å². The normalized spacial score (nSPS) is 17.4. The fourth-order valence-corrected chi connectivity index (χ4v) is 7.79. The Kier molecular flexibility index (Phi) is 15.2. The van der Waals surface area contributed by atoms with Crippen LogP contribution in [0.1, 0.15) is 56.1 Å². The number of nitrogens with zero attached hydrogens (tertiary/aromatic N) is 2. The largest absolute Gasteiger partial charge is 0.490 e. The van der Waals surface area contributed by atoms with E-state index in [1.807, 2.05) is 48.8 Å². The molecule has 2 aliphatic carbocycles. The molecule has 5 rings (SSSR count). The van der Waals surface area contributed by atoms with Crippen LogP contribution < -0.4 is 14.8 Å². The summed E-state index contributed by atoms with van der Waals surface area (Å²) in [4.78, 5) is 20.0. The second kappa shape index (κ2) is 19.4. The number of rotatable bonds is 23. The van der Waals surface area contributed by atoms with Crippen molar-refractivity contribution >= 4 is 39.3 Å². The lowest BCUT2D eigenvalue weighted by molar-refractivity contribution is -0.158. The van der Waals surface area contributed by atoms with Crippen LogP contribution in [0, 0.1) is 0 Å². The average Bonchev–Trinajstić information content (AvgIpc) is 4.11. The molecule has 1 aromatic heterocycles. The first-order chi connectivity index (χ1) is 25.8. The quantitative estimate of drug-likeness (QED) is 0.0547. The van der Waals surface area contributed by atoms with E-state index >= 15 is 0 Å². The number of sulfonamides is 1. The van der Waals surface area contributed by atoms with Crippen molar-refractivity contribution in [1.82, 2.24) is 19.9 Å². The number of ether oxygens (including phenoxy) is 1. The molecule has 0 unspecified atom stereocenters. The smallest absolute Gasteiger partial charge is 0.254 e. The lowest BCUT2D eigenvalue weighted by Crippen LogP contribution is -2.53. The Labute approximate surface area is 326 Å². The molecule has 1 heterocycles. The van der Waals surface area contributed by atoms with Gasteiger partial charge in [0.05, 0.1) is 19.0 Å². The highest BCUT2D eigenvalue weighted by molar-refractivity contribution is 7.99. The number of amides is 1.